The zero-order valence-electron chi connectivity index (χ0n) is 17.4. The highest BCUT2D eigenvalue weighted by Gasteiger charge is 2.14. The molecule has 0 fully saturated rings. The van der Waals surface area contributed by atoms with E-state index in [0.717, 1.165) is 16.9 Å². The first-order valence-corrected chi connectivity index (χ1v) is 10.0. The highest BCUT2D eigenvalue weighted by Crippen LogP contribution is 2.30. The predicted octanol–water partition coefficient (Wildman–Crippen LogP) is 5.94. The quantitative estimate of drug-likeness (QED) is 0.333. The topological polar surface area (TPSA) is 32.8 Å². The van der Waals surface area contributed by atoms with E-state index >= 15 is 0 Å². The van der Waals surface area contributed by atoms with E-state index in [1.54, 1.807) is 12.3 Å². The molecule has 0 aliphatic heterocycles. The Labute approximate surface area is 183 Å². The van der Waals surface area contributed by atoms with E-state index in [1.807, 2.05) is 104 Å². The lowest BCUT2D eigenvalue weighted by atomic mass is 10.1. The summed E-state index contributed by atoms with van der Waals surface area (Å²) < 4.78 is 6.00. The van der Waals surface area contributed by atoms with Crippen LogP contribution in [0.15, 0.2) is 85.1 Å². The molecule has 0 bridgehead atoms. The fourth-order valence-electron chi connectivity index (χ4n) is 2.90. The van der Waals surface area contributed by atoms with Crippen molar-refractivity contribution in [1.29, 1.82) is 0 Å². The maximum Gasteiger partial charge on any atom is 0.191 e. The van der Waals surface area contributed by atoms with Crippen LogP contribution in [0.2, 0.25) is 5.02 Å². The van der Waals surface area contributed by atoms with Crippen molar-refractivity contribution >= 4 is 28.8 Å². The van der Waals surface area contributed by atoms with E-state index in [2.05, 4.69) is 0 Å². The van der Waals surface area contributed by atoms with Crippen LogP contribution in [-0.4, -0.2) is 31.8 Å². The number of ether oxygens (including phenoxy) is 1. The van der Waals surface area contributed by atoms with E-state index in [9.17, 15) is 4.79 Å². The second-order valence-electron chi connectivity index (χ2n) is 7.13. The number of nitrogens with zero attached hydrogens (tertiary/aromatic N) is 2. The molecule has 0 atom stereocenters. The Kier molecular flexibility index (Phi) is 7.15. The Morgan fingerprint density at radius 2 is 1.60 bits per heavy atom. The van der Waals surface area contributed by atoms with Crippen molar-refractivity contribution in [3.63, 3.8) is 0 Å². The second-order valence-corrected chi connectivity index (χ2v) is 7.57. The number of hydrogen-bond acceptors (Lipinski definition) is 4. The number of carbonyl (C=O) groups is 1. The summed E-state index contributed by atoms with van der Waals surface area (Å²) in [6.45, 7) is 0.394. The maximum atomic E-state index is 12.9. The van der Waals surface area contributed by atoms with Crippen molar-refractivity contribution in [2.45, 2.75) is 6.61 Å². The van der Waals surface area contributed by atoms with Gasteiger partial charge in [-0.25, -0.2) is 0 Å². The molecule has 0 radical (unpaired) electrons. The summed E-state index contributed by atoms with van der Waals surface area (Å²) in [6, 6.07) is 23.1. The van der Waals surface area contributed by atoms with Gasteiger partial charge in [0.15, 0.2) is 5.78 Å². The summed E-state index contributed by atoms with van der Waals surface area (Å²) in [7, 11) is 5.70. The van der Waals surface area contributed by atoms with Crippen molar-refractivity contribution in [3.8, 4) is 5.75 Å². The van der Waals surface area contributed by atoms with Gasteiger partial charge in [0.05, 0.1) is 5.56 Å². The molecular weight excluding hydrogens is 396 g/mol. The zero-order valence-corrected chi connectivity index (χ0v) is 18.1. The van der Waals surface area contributed by atoms with Gasteiger partial charge in [0.25, 0.3) is 0 Å². The number of benzene rings is 3. The molecule has 0 N–H and O–H groups in total. The molecule has 0 saturated carbocycles. The molecule has 0 aromatic heterocycles. The van der Waals surface area contributed by atoms with Crippen molar-refractivity contribution in [1.82, 2.24) is 4.90 Å². The van der Waals surface area contributed by atoms with Gasteiger partial charge >= 0.3 is 0 Å². The van der Waals surface area contributed by atoms with Gasteiger partial charge in [-0.05, 0) is 48.0 Å². The summed E-state index contributed by atoms with van der Waals surface area (Å²) in [5, 5.41) is 0.682. The third kappa shape index (κ3) is 5.65. The van der Waals surface area contributed by atoms with Crippen molar-refractivity contribution in [3.05, 3.63) is 101 Å². The number of allylic oxidation sites excluding steroid dienone is 1. The highest BCUT2D eigenvalue weighted by atomic mass is 35.5. The Bertz CT molecular complexity index is 1020. The van der Waals surface area contributed by atoms with E-state index in [0.29, 0.717) is 22.9 Å². The molecule has 0 heterocycles. The molecule has 5 heteroatoms. The summed E-state index contributed by atoms with van der Waals surface area (Å²) in [6.07, 6.45) is 3.29. The van der Waals surface area contributed by atoms with Crippen LogP contribution >= 0.6 is 11.6 Å². The first-order valence-electron chi connectivity index (χ1n) is 9.63. The van der Waals surface area contributed by atoms with Gasteiger partial charge in [-0.1, -0.05) is 41.9 Å². The average molecular weight is 421 g/mol. The van der Waals surface area contributed by atoms with E-state index in [-0.39, 0.29) is 5.78 Å². The van der Waals surface area contributed by atoms with Crippen molar-refractivity contribution in [2.24, 2.45) is 0 Å². The van der Waals surface area contributed by atoms with Crippen molar-refractivity contribution in [2.75, 3.05) is 26.0 Å². The number of ketones is 1. The molecule has 3 rings (SSSR count). The highest BCUT2D eigenvalue weighted by molar-refractivity contribution is 6.30. The monoisotopic (exact) mass is 420 g/mol. The van der Waals surface area contributed by atoms with E-state index in [1.165, 1.54) is 0 Å². The Balaban J connectivity index is 1.91. The Hall–Kier alpha value is -3.24. The summed E-state index contributed by atoms with van der Waals surface area (Å²) >= 11 is 6.00. The van der Waals surface area contributed by atoms with Gasteiger partial charge in [-0.15, -0.1) is 0 Å². The normalized spacial score (nSPS) is 10.8. The second kappa shape index (κ2) is 9.99. The average Bonchev–Trinajstić information content (AvgIpc) is 2.76. The van der Waals surface area contributed by atoms with Crippen LogP contribution in [0.4, 0.5) is 11.4 Å². The van der Waals surface area contributed by atoms with Crippen LogP contribution in [0.25, 0.3) is 0 Å². The zero-order chi connectivity index (χ0) is 21.5. The molecular formula is C25H25ClN2O2. The molecule has 0 unspecified atom stereocenters. The first-order chi connectivity index (χ1) is 14.4. The van der Waals surface area contributed by atoms with Crippen LogP contribution in [0.1, 0.15) is 15.9 Å². The molecule has 154 valence electrons. The molecule has 0 saturated heterocycles. The fraction of sp³-hybridized carbons (Fsp3) is 0.160. The largest absolute Gasteiger partial charge is 0.488 e. The van der Waals surface area contributed by atoms with Gasteiger partial charge in [-0.2, -0.15) is 0 Å². The summed E-state index contributed by atoms with van der Waals surface area (Å²) in [4.78, 5) is 16.7. The minimum atomic E-state index is -0.113. The van der Waals surface area contributed by atoms with Gasteiger partial charge in [0.2, 0.25) is 0 Å². The minimum absolute atomic E-state index is 0.113. The lowest BCUT2D eigenvalue weighted by Crippen LogP contribution is -2.11. The standard InChI is InChI=1S/C25H25ClN2O2/c1-27(2)16-15-24(29)23-17-22(28(3)21-11-9-20(26)10-12-21)13-14-25(23)30-18-19-7-5-4-6-8-19/h4-17H,18H2,1-3H3. The molecule has 4 nitrogen and oxygen atoms in total. The number of carbonyl (C=O) groups excluding carboxylic acids is 1. The Morgan fingerprint density at radius 1 is 0.933 bits per heavy atom. The summed E-state index contributed by atoms with van der Waals surface area (Å²) in [5.74, 6) is 0.443. The number of rotatable bonds is 8. The van der Waals surface area contributed by atoms with Gasteiger partial charge < -0.3 is 14.5 Å². The predicted molar refractivity (Wildman–Crippen MR) is 124 cm³/mol. The molecule has 0 aliphatic carbocycles. The van der Waals surface area contributed by atoms with Crippen LogP contribution in [0, 0.1) is 0 Å². The van der Waals surface area contributed by atoms with Gasteiger partial charge in [0, 0.05) is 49.8 Å². The Morgan fingerprint density at radius 3 is 2.27 bits per heavy atom. The lowest BCUT2D eigenvalue weighted by molar-refractivity contribution is 0.104. The third-order valence-corrected chi connectivity index (χ3v) is 4.84. The van der Waals surface area contributed by atoms with Crippen LogP contribution in [0.3, 0.4) is 0 Å². The van der Waals surface area contributed by atoms with Crippen LogP contribution in [0.5, 0.6) is 5.75 Å². The number of halogens is 1. The molecule has 3 aromatic rings. The van der Waals surface area contributed by atoms with Crippen LogP contribution in [-0.2, 0) is 6.61 Å². The molecule has 0 spiro atoms. The molecule has 0 amide bonds. The molecule has 30 heavy (non-hydrogen) atoms. The lowest BCUT2D eigenvalue weighted by Gasteiger charge is -2.21. The molecule has 3 aromatic carbocycles. The number of hydrogen-bond donors (Lipinski definition) is 0. The molecule has 0 aliphatic rings. The minimum Gasteiger partial charge on any atom is -0.488 e. The van der Waals surface area contributed by atoms with Gasteiger partial charge in [-0.3, -0.25) is 4.79 Å². The van der Waals surface area contributed by atoms with E-state index in [4.69, 9.17) is 16.3 Å². The maximum absolute atomic E-state index is 12.9. The van der Waals surface area contributed by atoms with Crippen molar-refractivity contribution < 1.29 is 9.53 Å². The van der Waals surface area contributed by atoms with Gasteiger partial charge in [0.1, 0.15) is 12.4 Å². The fourth-order valence-corrected chi connectivity index (χ4v) is 3.03. The third-order valence-electron chi connectivity index (χ3n) is 4.59. The first kappa shape index (κ1) is 21.5. The number of anilines is 2. The smallest absolute Gasteiger partial charge is 0.191 e. The summed E-state index contributed by atoms with van der Waals surface area (Å²) in [5.41, 5.74) is 3.41. The van der Waals surface area contributed by atoms with Crippen LogP contribution < -0.4 is 9.64 Å². The van der Waals surface area contributed by atoms with E-state index < -0.39 is 0 Å². The SMILES string of the molecule is CN(C)C=CC(=O)c1cc(N(C)c2ccc(Cl)cc2)ccc1OCc1ccccc1.